The molecule has 1 heterocycles. The first-order chi connectivity index (χ1) is 10.4. The first-order valence-electron chi connectivity index (χ1n) is 5.81. The molecule has 0 fully saturated rings. The lowest BCUT2D eigenvalue weighted by atomic mass is 10.2. The molecular formula is C12H8BrF2N3O4. The van der Waals surface area contributed by atoms with E-state index in [1.54, 1.807) is 0 Å². The summed E-state index contributed by atoms with van der Waals surface area (Å²) in [5, 5.41) is 10.8. The van der Waals surface area contributed by atoms with Gasteiger partial charge in [0.1, 0.15) is 6.61 Å². The summed E-state index contributed by atoms with van der Waals surface area (Å²) in [5.41, 5.74) is -0.367. The van der Waals surface area contributed by atoms with Crippen molar-refractivity contribution in [2.24, 2.45) is 0 Å². The Kier molecular flexibility index (Phi) is 4.81. The van der Waals surface area contributed by atoms with Crippen molar-refractivity contribution in [2.75, 3.05) is 0 Å². The molecule has 1 aromatic carbocycles. The van der Waals surface area contributed by atoms with E-state index in [9.17, 15) is 23.7 Å². The van der Waals surface area contributed by atoms with Crippen LogP contribution in [0.2, 0.25) is 0 Å². The van der Waals surface area contributed by atoms with Crippen LogP contribution in [0, 0.1) is 10.1 Å². The Hall–Kier alpha value is -2.36. The SMILES string of the molecule is O=C(OCc1nccn1C(F)F)c1ccc(Br)c([N+](=O)[O-])c1. The Morgan fingerprint density at radius 2 is 2.23 bits per heavy atom. The average molecular weight is 376 g/mol. The van der Waals surface area contributed by atoms with E-state index in [0.717, 1.165) is 18.5 Å². The molecular weight excluding hydrogens is 368 g/mol. The van der Waals surface area contributed by atoms with Crippen molar-refractivity contribution in [3.05, 3.63) is 56.6 Å². The highest BCUT2D eigenvalue weighted by molar-refractivity contribution is 9.10. The number of rotatable bonds is 5. The summed E-state index contributed by atoms with van der Waals surface area (Å²) in [6, 6.07) is 3.68. The van der Waals surface area contributed by atoms with Gasteiger partial charge in [0.25, 0.3) is 5.69 Å². The molecule has 22 heavy (non-hydrogen) atoms. The van der Waals surface area contributed by atoms with E-state index >= 15 is 0 Å². The fourth-order valence-corrected chi connectivity index (χ4v) is 2.02. The maximum atomic E-state index is 12.6. The Balaban J connectivity index is 2.11. The van der Waals surface area contributed by atoms with E-state index in [2.05, 4.69) is 20.9 Å². The number of imidazole rings is 1. The molecule has 0 N–H and O–H groups in total. The Labute approximate surface area is 130 Å². The third-order valence-corrected chi connectivity index (χ3v) is 3.34. The zero-order valence-electron chi connectivity index (χ0n) is 10.8. The highest BCUT2D eigenvalue weighted by Gasteiger charge is 2.18. The van der Waals surface area contributed by atoms with Gasteiger partial charge in [-0.1, -0.05) is 0 Å². The largest absolute Gasteiger partial charge is 0.454 e. The number of carbonyl (C=O) groups is 1. The number of halogens is 3. The number of carbonyl (C=O) groups excluding carboxylic acids is 1. The zero-order chi connectivity index (χ0) is 16.3. The molecule has 1 aromatic heterocycles. The topological polar surface area (TPSA) is 87.3 Å². The number of hydrogen-bond acceptors (Lipinski definition) is 5. The van der Waals surface area contributed by atoms with Crippen LogP contribution in [-0.4, -0.2) is 20.4 Å². The van der Waals surface area contributed by atoms with Crippen molar-refractivity contribution in [1.29, 1.82) is 0 Å². The number of alkyl halides is 2. The lowest BCUT2D eigenvalue weighted by Gasteiger charge is -2.07. The van der Waals surface area contributed by atoms with Crippen molar-refractivity contribution in [3.8, 4) is 0 Å². The molecule has 0 aliphatic heterocycles. The molecule has 0 saturated heterocycles. The van der Waals surface area contributed by atoms with Crippen LogP contribution in [0.1, 0.15) is 22.7 Å². The molecule has 0 saturated carbocycles. The number of nitro groups is 1. The zero-order valence-corrected chi connectivity index (χ0v) is 12.4. The van der Waals surface area contributed by atoms with Gasteiger partial charge in [0.2, 0.25) is 0 Å². The number of aromatic nitrogens is 2. The third kappa shape index (κ3) is 3.45. The number of hydrogen-bond donors (Lipinski definition) is 0. The summed E-state index contributed by atoms with van der Waals surface area (Å²) in [6.45, 7) is -3.27. The molecule has 7 nitrogen and oxygen atoms in total. The molecule has 2 aromatic rings. The van der Waals surface area contributed by atoms with Crippen LogP contribution in [0.3, 0.4) is 0 Å². The molecule has 0 spiro atoms. The lowest BCUT2D eigenvalue weighted by Crippen LogP contribution is -2.10. The fourth-order valence-electron chi connectivity index (χ4n) is 1.63. The average Bonchev–Trinajstić information content (AvgIpc) is 2.93. The minimum atomic E-state index is -2.80. The van der Waals surface area contributed by atoms with Gasteiger partial charge in [-0.25, -0.2) is 9.78 Å². The molecule has 0 radical (unpaired) electrons. The van der Waals surface area contributed by atoms with Crippen LogP contribution in [-0.2, 0) is 11.3 Å². The van der Waals surface area contributed by atoms with Gasteiger partial charge in [-0.05, 0) is 28.1 Å². The summed E-state index contributed by atoms with van der Waals surface area (Å²) in [5.74, 6) is -1.01. The van der Waals surface area contributed by atoms with Crippen LogP contribution in [0.5, 0.6) is 0 Å². The van der Waals surface area contributed by atoms with Crippen molar-refractivity contribution in [2.45, 2.75) is 13.2 Å². The number of benzene rings is 1. The molecule has 0 bridgehead atoms. The molecule has 0 atom stereocenters. The van der Waals surface area contributed by atoms with Gasteiger partial charge < -0.3 is 4.74 Å². The second-order valence-electron chi connectivity index (χ2n) is 4.03. The van der Waals surface area contributed by atoms with Gasteiger partial charge in [0.05, 0.1) is 15.0 Å². The lowest BCUT2D eigenvalue weighted by molar-refractivity contribution is -0.385. The predicted molar refractivity (Wildman–Crippen MR) is 73.4 cm³/mol. The van der Waals surface area contributed by atoms with Gasteiger partial charge in [0, 0.05) is 18.5 Å². The Morgan fingerprint density at radius 3 is 2.86 bits per heavy atom. The van der Waals surface area contributed by atoms with Crippen LogP contribution < -0.4 is 0 Å². The second-order valence-corrected chi connectivity index (χ2v) is 4.88. The maximum Gasteiger partial charge on any atom is 0.338 e. The van der Waals surface area contributed by atoms with Crippen molar-refractivity contribution in [3.63, 3.8) is 0 Å². The molecule has 10 heteroatoms. The molecule has 0 aliphatic rings. The molecule has 0 amide bonds. The van der Waals surface area contributed by atoms with Crippen LogP contribution in [0.4, 0.5) is 14.5 Å². The summed E-state index contributed by atoms with van der Waals surface area (Å²) < 4.78 is 30.8. The first kappa shape index (κ1) is 16.0. The molecule has 0 aliphatic carbocycles. The number of esters is 1. The van der Waals surface area contributed by atoms with Gasteiger partial charge >= 0.3 is 12.5 Å². The summed E-state index contributed by atoms with van der Waals surface area (Å²) >= 11 is 2.99. The first-order valence-corrected chi connectivity index (χ1v) is 6.60. The van der Waals surface area contributed by atoms with Crippen molar-refractivity contribution < 1.29 is 23.2 Å². The van der Waals surface area contributed by atoms with E-state index in [0.29, 0.717) is 4.57 Å². The highest BCUT2D eigenvalue weighted by Crippen LogP contribution is 2.26. The minimum Gasteiger partial charge on any atom is -0.454 e. The molecule has 0 unspecified atom stereocenters. The number of ether oxygens (including phenoxy) is 1. The third-order valence-electron chi connectivity index (χ3n) is 2.67. The standard InChI is InChI=1S/C12H8BrF2N3O4/c13-8-2-1-7(5-9(8)18(20)21)11(19)22-6-10-16-3-4-17(10)12(14)15/h1-5,12H,6H2. The fraction of sp³-hybridized carbons (Fsp3) is 0.167. The molecule has 2 rings (SSSR count). The quantitative estimate of drug-likeness (QED) is 0.454. The van der Waals surface area contributed by atoms with E-state index in [1.165, 1.54) is 12.1 Å². The van der Waals surface area contributed by atoms with E-state index in [1.807, 2.05) is 0 Å². The Morgan fingerprint density at radius 1 is 1.50 bits per heavy atom. The summed E-state index contributed by atoms with van der Waals surface area (Å²) in [7, 11) is 0. The van der Waals surface area contributed by atoms with Crippen molar-refractivity contribution in [1.82, 2.24) is 9.55 Å². The van der Waals surface area contributed by atoms with E-state index in [4.69, 9.17) is 4.74 Å². The van der Waals surface area contributed by atoms with Gasteiger partial charge in [-0.2, -0.15) is 8.78 Å². The Bertz CT molecular complexity index is 720. The monoisotopic (exact) mass is 375 g/mol. The normalized spacial score (nSPS) is 10.7. The maximum absolute atomic E-state index is 12.6. The van der Waals surface area contributed by atoms with Crippen LogP contribution in [0.15, 0.2) is 35.1 Å². The van der Waals surface area contributed by atoms with Crippen LogP contribution in [0.25, 0.3) is 0 Å². The highest BCUT2D eigenvalue weighted by atomic mass is 79.9. The summed E-state index contributed by atoms with van der Waals surface area (Å²) in [6.07, 6.45) is 2.21. The second kappa shape index (κ2) is 6.60. The number of nitrogens with zero attached hydrogens (tertiary/aromatic N) is 3. The van der Waals surface area contributed by atoms with Crippen LogP contribution >= 0.6 is 15.9 Å². The van der Waals surface area contributed by atoms with Gasteiger partial charge in [0.15, 0.2) is 5.82 Å². The van der Waals surface area contributed by atoms with Gasteiger partial charge in [-0.3, -0.25) is 14.7 Å². The number of nitro benzene ring substituents is 1. The minimum absolute atomic E-state index is 0.0648. The van der Waals surface area contributed by atoms with Crippen molar-refractivity contribution >= 4 is 27.6 Å². The van der Waals surface area contributed by atoms with Gasteiger partial charge in [-0.15, -0.1) is 0 Å². The van der Waals surface area contributed by atoms with E-state index < -0.39 is 24.0 Å². The summed E-state index contributed by atoms with van der Waals surface area (Å²) in [4.78, 5) is 25.6. The predicted octanol–water partition coefficient (Wildman–Crippen LogP) is 3.31. The molecule has 116 valence electrons. The van der Waals surface area contributed by atoms with E-state index in [-0.39, 0.29) is 21.5 Å². The smallest absolute Gasteiger partial charge is 0.338 e.